The van der Waals surface area contributed by atoms with Crippen molar-refractivity contribution in [1.29, 1.82) is 0 Å². The summed E-state index contributed by atoms with van der Waals surface area (Å²) in [5, 5.41) is 7.76. The predicted molar refractivity (Wildman–Crippen MR) is 185 cm³/mol. The molecule has 9 rings (SSSR count). The Labute approximate surface area is 255 Å². The first-order chi connectivity index (χ1) is 21.3. The summed E-state index contributed by atoms with van der Waals surface area (Å²) in [6.07, 6.45) is 0. The molecule has 2 heterocycles. The van der Waals surface area contributed by atoms with Crippen molar-refractivity contribution in [3.63, 3.8) is 0 Å². The van der Waals surface area contributed by atoms with E-state index in [1.807, 2.05) is 0 Å². The molecule has 0 amide bonds. The van der Waals surface area contributed by atoms with Gasteiger partial charge in [-0.2, -0.15) is 0 Å². The number of benzene rings is 7. The van der Waals surface area contributed by atoms with Crippen LogP contribution in [0.25, 0.3) is 57.6 Å². The molecule has 7 aromatic carbocycles. The summed E-state index contributed by atoms with van der Waals surface area (Å²) in [5.41, 5.74) is 7.11. The van der Waals surface area contributed by atoms with Gasteiger partial charge < -0.3 is 0 Å². The first kappa shape index (κ1) is 24.5. The van der Waals surface area contributed by atoms with E-state index in [1.165, 1.54) is 63.2 Å². The van der Waals surface area contributed by atoms with E-state index < -0.39 is 0 Å². The molecule has 0 radical (unpaired) electrons. The van der Waals surface area contributed by atoms with Crippen molar-refractivity contribution in [2.24, 2.45) is 0 Å². The summed E-state index contributed by atoms with van der Waals surface area (Å²) >= 11 is 0.296. The molecule has 0 unspecified atom stereocenters. The van der Waals surface area contributed by atoms with Crippen molar-refractivity contribution < 1.29 is 0 Å². The van der Waals surface area contributed by atoms with Crippen LogP contribution in [-0.4, -0.2) is 19.1 Å². The zero-order chi connectivity index (χ0) is 28.3. The second kappa shape index (κ2) is 9.74. The number of para-hydroxylation sites is 2. The van der Waals surface area contributed by atoms with E-state index in [4.69, 9.17) is 0 Å². The van der Waals surface area contributed by atoms with Gasteiger partial charge in [0, 0.05) is 0 Å². The maximum absolute atomic E-state index is 2.43. The summed E-state index contributed by atoms with van der Waals surface area (Å²) < 4.78 is 5.29. The van der Waals surface area contributed by atoms with Gasteiger partial charge in [-0.3, -0.25) is 0 Å². The number of anilines is 3. The van der Waals surface area contributed by atoms with E-state index in [-0.39, 0.29) is 0 Å². The Balaban J connectivity index is 1.30. The Bertz CT molecular complexity index is 2470. The molecule has 2 aromatic heterocycles. The molecule has 0 aliphatic heterocycles. The Morgan fingerprint density at radius 1 is 0.395 bits per heavy atom. The van der Waals surface area contributed by atoms with Crippen LogP contribution in [0.2, 0.25) is 0 Å². The van der Waals surface area contributed by atoms with Crippen molar-refractivity contribution in [3.8, 4) is 5.69 Å². The fraction of sp³-hybridized carbons (Fsp3) is 0. The molecule has 0 N–H and O–H groups in total. The summed E-state index contributed by atoms with van der Waals surface area (Å²) in [6, 6.07) is 57.7. The first-order valence-corrected chi connectivity index (χ1v) is 16.3. The monoisotopic (exact) mass is 614 g/mol. The van der Waals surface area contributed by atoms with Crippen molar-refractivity contribution in [3.05, 3.63) is 158 Å². The maximum atomic E-state index is 2.43. The predicted octanol–water partition coefficient (Wildman–Crippen LogP) is 10.8. The Hall–Kier alpha value is -5.08. The Morgan fingerprint density at radius 3 is 1.93 bits per heavy atom. The minimum atomic E-state index is 0.296. The van der Waals surface area contributed by atoms with Gasteiger partial charge in [0.1, 0.15) is 0 Å². The van der Waals surface area contributed by atoms with Crippen LogP contribution < -0.4 is 4.90 Å². The molecule has 0 saturated carbocycles. The SMILES string of the molecule is c1ccc(-n2c3ccccc3c3cc(N(c4ccc5ccccc5c4)c4ccc5c(c4)[se]c4ccccc45)ccc32)cc1. The summed E-state index contributed by atoms with van der Waals surface area (Å²) in [5.74, 6) is 0. The van der Waals surface area contributed by atoms with Crippen molar-refractivity contribution >= 4 is 83.4 Å². The van der Waals surface area contributed by atoms with Crippen LogP contribution in [-0.2, 0) is 0 Å². The van der Waals surface area contributed by atoms with Gasteiger partial charge in [-0.1, -0.05) is 6.07 Å². The molecule has 0 atom stereocenters. The molecular formula is C40H26N2Se. The van der Waals surface area contributed by atoms with Gasteiger partial charge in [-0.15, -0.1) is 0 Å². The van der Waals surface area contributed by atoms with Gasteiger partial charge in [0.25, 0.3) is 0 Å². The topological polar surface area (TPSA) is 8.17 Å². The Kier molecular flexibility index (Phi) is 5.55. The molecule has 202 valence electrons. The van der Waals surface area contributed by atoms with Gasteiger partial charge in [-0.05, 0) is 0 Å². The number of aromatic nitrogens is 1. The molecule has 43 heavy (non-hydrogen) atoms. The van der Waals surface area contributed by atoms with Gasteiger partial charge >= 0.3 is 250 Å². The van der Waals surface area contributed by atoms with Crippen molar-refractivity contribution in [2.45, 2.75) is 0 Å². The molecular weight excluding hydrogens is 587 g/mol. The number of fused-ring (bicyclic) bond motifs is 7. The quantitative estimate of drug-likeness (QED) is 0.179. The van der Waals surface area contributed by atoms with E-state index in [1.54, 1.807) is 0 Å². The standard InChI is InChI=1S/C40H26N2Se/c1-2-12-29(13-3-1)42-37-16-8-6-14-33(37)36-25-31(21-23-38(36)42)41(30-19-18-27-10-4-5-11-28(27)24-30)32-20-22-35-34-15-7-9-17-39(34)43-40(35)26-32/h1-26H. The van der Waals surface area contributed by atoms with Crippen LogP contribution >= 0.6 is 0 Å². The molecule has 0 spiro atoms. The number of rotatable bonds is 4. The second-order valence-electron chi connectivity index (χ2n) is 11.0. The van der Waals surface area contributed by atoms with E-state index in [0.717, 1.165) is 11.4 Å². The average molecular weight is 614 g/mol. The number of nitrogens with zero attached hydrogens (tertiary/aromatic N) is 2. The molecule has 0 aliphatic carbocycles. The molecule has 0 aliphatic rings. The van der Waals surface area contributed by atoms with E-state index in [9.17, 15) is 0 Å². The zero-order valence-electron chi connectivity index (χ0n) is 23.3. The van der Waals surface area contributed by atoms with Crippen LogP contribution in [0.3, 0.4) is 0 Å². The van der Waals surface area contributed by atoms with Crippen molar-refractivity contribution in [2.75, 3.05) is 4.90 Å². The summed E-state index contributed by atoms with van der Waals surface area (Å²) in [6.45, 7) is 0. The van der Waals surface area contributed by atoms with E-state index in [2.05, 4.69) is 167 Å². The van der Waals surface area contributed by atoms with Crippen molar-refractivity contribution in [1.82, 2.24) is 4.57 Å². The van der Waals surface area contributed by atoms with Gasteiger partial charge in [0.15, 0.2) is 0 Å². The third-order valence-corrected chi connectivity index (χ3v) is 10.9. The molecule has 0 bridgehead atoms. The number of hydrogen-bond acceptors (Lipinski definition) is 1. The third-order valence-electron chi connectivity index (χ3n) is 8.54. The van der Waals surface area contributed by atoms with Gasteiger partial charge in [0.2, 0.25) is 0 Å². The van der Waals surface area contributed by atoms with E-state index in [0.29, 0.717) is 14.5 Å². The van der Waals surface area contributed by atoms with Gasteiger partial charge in [-0.25, -0.2) is 0 Å². The zero-order valence-corrected chi connectivity index (χ0v) is 25.0. The minimum absolute atomic E-state index is 0.296. The van der Waals surface area contributed by atoms with Crippen LogP contribution in [0.1, 0.15) is 0 Å². The molecule has 0 saturated heterocycles. The number of hydrogen-bond donors (Lipinski definition) is 0. The molecule has 0 fully saturated rings. The third kappa shape index (κ3) is 3.94. The summed E-state index contributed by atoms with van der Waals surface area (Å²) in [4.78, 5) is 2.43. The molecule has 3 heteroatoms. The first-order valence-electron chi connectivity index (χ1n) is 14.6. The summed E-state index contributed by atoms with van der Waals surface area (Å²) in [7, 11) is 0. The van der Waals surface area contributed by atoms with Crippen LogP contribution in [0.4, 0.5) is 17.1 Å². The normalized spacial score (nSPS) is 11.7. The van der Waals surface area contributed by atoms with Crippen LogP contribution in [0.5, 0.6) is 0 Å². The fourth-order valence-electron chi connectivity index (χ4n) is 6.57. The Morgan fingerprint density at radius 2 is 1.02 bits per heavy atom. The average Bonchev–Trinajstić information content (AvgIpc) is 3.60. The second-order valence-corrected chi connectivity index (χ2v) is 13.3. The van der Waals surface area contributed by atoms with E-state index >= 15 is 0 Å². The molecule has 9 aromatic rings. The fourth-order valence-corrected chi connectivity index (χ4v) is 8.96. The van der Waals surface area contributed by atoms with Gasteiger partial charge in [0.05, 0.1) is 0 Å². The van der Waals surface area contributed by atoms with Crippen LogP contribution in [0.15, 0.2) is 158 Å². The van der Waals surface area contributed by atoms with Crippen LogP contribution in [0, 0.1) is 0 Å². The molecule has 2 nitrogen and oxygen atoms in total.